The van der Waals surface area contributed by atoms with Gasteiger partial charge in [-0.05, 0) is 5.56 Å². The summed E-state index contributed by atoms with van der Waals surface area (Å²) in [5, 5.41) is 5.60. The van der Waals surface area contributed by atoms with E-state index < -0.39 is 0 Å². The van der Waals surface area contributed by atoms with E-state index in [1.807, 2.05) is 18.2 Å². The lowest BCUT2D eigenvalue weighted by molar-refractivity contribution is 0.244. The van der Waals surface area contributed by atoms with Gasteiger partial charge in [0, 0.05) is 31.7 Å². The molecule has 2 heterocycles. The average molecular weight is 229 g/mol. The molecule has 88 valence electrons. The lowest BCUT2D eigenvalue weighted by Gasteiger charge is -2.25. The van der Waals surface area contributed by atoms with Gasteiger partial charge < -0.3 is 5.10 Å². The van der Waals surface area contributed by atoms with Gasteiger partial charge in [-0.25, -0.2) is 0 Å². The topological polar surface area (TPSA) is 51.9 Å². The second-order valence-electron chi connectivity index (χ2n) is 4.48. The highest BCUT2D eigenvalue weighted by molar-refractivity contribution is 5.20. The average Bonchev–Trinajstić information content (AvgIpc) is 2.73. The Hall–Kier alpha value is -1.81. The molecule has 0 aliphatic carbocycles. The Morgan fingerprint density at radius 3 is 2.82 bits per heavy atom. The largest absolute Gasteiger partial charge is 0.302 e. The van der Waals surface area contributed by atoms with Crippen LogP contribution in [0.5, 0.6) is 0 Å². The number of nitrogens with zero attached hydrogens (tertiary/aromatic N) is 1. The van der Waals surface area contributed by atoms with Crippen LogP contribution in [0.25, 0.3) is 0 Å². The number of benzene rings is 1. The number of hydrogen-bond acceptors (Lipinski definition) is 2. The maximum Gasteiger partial charge on any atom is 0.268 e. The summed E-state index contributed by atoms with van der Waals surface area (Å²) in [4.78, 5) is 13.9. The maximum absolute atomic E-state index is 11.5. The van der Waals surface area contributed by atoms with E-state index in [9.17, 15) is 4.79 Å². The molecule has 0 radical (unpaired) electrons. The van der Waals surface area contributed by atoms with E-state index in [0.717, 1.165) is 37.3 Å². The minimum Gasteiger partial charge on any atom is -0.302 e. The van der Waals surface area contributed by atoms with Crippen LogP contribution in [-0.4, -0.2) is 21.6 Å². The van der Waals surface area contributed by atoms with Gasteiger partial charge in [-0.2, -0.15) is 0 Å². The van der Waals surface area contributed by atoms with Crippen LogP contribution in [0.3, 0.4) is 0 Å². The third-order valence-corrected chi connectivity index (χ3v) is 3.27. The summed E-state index contributed by atoms with van der Waals surface area (Å²) < 4.78 is 0. The second kappa shape index (κ2) is 4.22. The van der Waals surface area contributed by atoms with Crippen LogP contribution in [0, 0.1) is 0 Å². The van der Waals surface area contributed by atoms with Gasteiger partial charge >= 0.3 is 0 Å². The molecule has 4 heteroatoms. The highest BCUT2D eigenvalue weighted by Crippen LogP contribution is 2.15. The number of nitrogens with one attached hydrogen (secondary N) is 2. The molecule has 0 saturated heterocycles. The molecule has 0 bridgehead atoms. The molecule has 0 atom stereocenters. The van der Waals surface area contributed by atoms with Crippen LogP contribution < -0.4 is 5.56 Å². The summed E-state index contributed by atoms with van der Waals surface area (Å²) in [6, 6.07) is 10.4. The Labute approximate surface area is 99.3 Å². The van der Waals surface area contributed by atoms with Gasteiger partial charge in [-0.3, -0.25) is 14.8 Å². The molecule has 1 aromatic heterocycles. The number of fused-ring (bicyclic) bond motifs is 1. The van der Waals surface area contributed by atoms with Crippen LogP contribution in [-0.2, 0) is 19.5 Å². The Bertz CT molecular complexity index is 556. The Morgan fingerprint density at radius 2 is 2.00 bits per heavy atom. The van der Waals surface area contributed by atoms with Crippen molar-refractivity contribution in [2.75, 3.05) is 6.54 Å². The summed E-state index contributed by atoms with van der Waals surface area (Å²) >= 11 is 0. The minimum atomic E-state index is 0.0257. The Balaban J connectivity index is 1.76. The molecular weight excluding hydrogens is 214 g/mol. The quantitative estimate of drug-likeness (QED) is 0.814. The fourth-order valence-corrected chi connectivity index (χ4v) is 2.35. The van der Waals surface area contributed by atoms with Gasteiger partial charge in [0.2, 0.25) is 0 Å². The zero-order valence-corrected chi connectivity index (χ0v) is 9.57. The standard InChI is InChI=1S/C13H15N3O/c17-13-11-9-16(7-6-12(11)14-15-13)8-10-4-2-1-3-5-10/h1-5H,6-9H2,(H2,14,15,17). The van der Waals surface area contributed by atoms with Crippen LogP contribution in [0.2, 0.25) is 0 Å². The Morgan fingerprint density at radius 1 is 1.18 bits per heavy atom. The first-order valence-electron chi connectivity index (χ1n) is 5.87. The number of hydrogen-bond donors (Lipinski definition) is 2. The fourth-order valence-electron chi connectivity index (χ4n) is 2.35. The highest BCUT2D eigenvalue weighted by atomic mass is 16.1. The van der Waals surface area contributed by atoms with Crippen LogP contribution >= 0.6 is 0 Å². The van der Waals surface area contributed by atoms with E-state index in [2.05, 4.69) is 27.2 Å². The summed E-state index contributed by atoms with van der Waals surface area (Å²) in [7, 11) is 0. The molecule has 1 aromatic carbocycles. The van der Waals surface area contributed by atoms with Crippen molar-refractivity contribution in [1.29, 1.82) is 0 Å². The lowest BCUT2D eigenvalue weighted by atomic mass is 10.1. The number of rotatable bonds is 2. The normalized spacial score (nSPS) is 15.8. The van der Waals surface area contributed by atoms with E-state index in [4.69, 9.17) is 0 Å². The summed E-state index contributed by atoms with van der Waals surface area (Å²) in [6.07, 6.45) is 0.918. The monoisotopic (exact) mass is 229 g/mol. The van der Waals surface area contributed by atoms with Crippen LogP contribution in [0.1, 0.15) is 16.8 Å². The summed E-state index contributed by atoms with van der Waals surface area (Å²) in [5.41, 5.74) is 3.28. The number of H-pyrrole nitrogens is 2. The molecular formula is C13H15N3O. The molecule has 1 aliphatic heterocycles. The summed E-state index contributed by atoms with van der Waals surface area (Å²) in [6.45, 7) is 2.64. The van der Waals surface area contributed by atoms with Gasteiger partial charge in [-0.15, -0.1) is 0 Å². The van der Waals surface area contributed by atoms with E-state index in [1.165, 1.54) is 5.56 Å². The van der Waals surface area contributed by atoms with Crippen molar-refractivity contribution in [2.24, 2.45) is 0 Å². The molecule has 0 spiro atoms. The first kappa shape index (κ1) is 10.4. The number of aromatic nitrogens is 2. The number of aromatic amines is 2. The molecule has 1 aliphatic rings. The molecule has 17 heavy (non-hydrogen) atoms. The Kier molecular flexibility index (Phi) is 2.57. The zero-order chi connectivity index (χ0) is 11.7. The highest BCUT2D eigenvalue weighted by Gasteiger charge is 2.20. The predicted molar refractivity (Wildman–Crippen MR) is 65.7 cm³/mol. The van der Waals surface area contributed by atoms with Crippen molar-refractivity contribution in [3.63, 3.8) is 0 Å². The van der Waals surface area contributed by atoms with E-state index in [-0.39, 0.29) is 5.56 Å². The minimum absolute atomic E-state index is 0.0257. The lowest BCUT2D eigenvalue weighted by Crippen LogP contribution is -2.32. The third-order valence-electron chi connectivity index (χ3n) is 3.27. The molecule has 0 saturated carbocycles. The first-order valence-corrected chi connectivity index (χ1v) is 5.87. The van der Waals surface area contributed by atoms with Gasteiger partial charge in [0.1, 0.15) is 0 Å². The van der Waals surface area contributed by atoms with Crippen molar-refractivity contribution in [1.82, 2.24) is 15.1 Å². The van der Waals surface area contributed by atoms with E-state index in [0.29, 0.717) is 0 Å². The van der Waals surface area contributed by atoms with Gasteiger partial charge in [-0.1, -0.05) is 30.3 Å². The maximum atomic E-state index is 11.5. The molecule has 4 nitrogen and oxygen atoms in total. The van der Waals surface area contributed by atoms with E-state index >= 15 is 0 Å². The van der Waals surface area contributed by atoms with Crippen molar-refractivity contribution < 1.29 is 0 Å². The fraction of sp³-hybridized carbons (Fsp3) is 0.308. The van der Waals surface area contributed by atoms with Crippen molar-refractivity contribution in [3.8, 4) is 0 Å². The van der Waals surface area contributed by atoms with Crippen LogP contribution in [0.4, 0.5) is 0 Å². The molecule has 0 unspecified atom stereocenters. The van der Waals surface area contributed by atoms with Crippen LogP contribution in [0.15, 0.2) is 35.1 Å². The van der Waals surface area contributed by atoms with Gasteiger partial charge in [0.25, 0.3) is 5.56 Å². The van der Waals surface area contributed by atoms with Crippen molar-refractivity contribution >= 4 is 0 Å². The van der Waals surface area contributed by atoms with Crippen molar-refractivity contribution in [2.45, 2.75) is 19.5 Å². The molecule has 0 fully saturated rings. The predicted octanol–water partition coefficient (Wildman–Crippen LogP) is 1.26. The zero-order valence-electron chi connectivity index (χ0n) is 9.57. The second-order valence-corrected chi connectivity index (χ2v) is 4.48. The van der Waals surface area contributed by atoms with E-state index in [1.54, 1.807) is 0 Å². The molecule has 2 aromatic rings. The molecule has 0 amide bonds. The van der Waals surface area contributed by atoms with Gasteiger partial charge in [0.05, 0.1) is 5.56 Å². The third kappa shape index (κ3) is 2.03. The summed E-state index contributed by atoms with van der Waals surface area (Å²) in [5.74, 6) is 0. The SMILES string of the molecule is O=c1[nH][nH]c2c1CN(Cc1ccccc1)CC2. The molecule has 2 N–H and O–H groups in total. The first-order chi connectivity index (χ1) is 8.33. The van der Waals surface area contributed by atoms with Crippen molar-refractivity contribution in [3.05, 3.63) is 57.5 Å². The van der Waals surface area contributed by atoms with Gasteiger partial charge in [0.15, 0.2) is 0 Å². The molecule has 3 rings (SSSR count). The smallest absolute Gasteiger partial charge is 0.268 e.